The molecule has 1 heterocycles. The molecule has 2 N–H and O–H groups in total. The minimum Gasteiger partial charge on any atom is -0.337 e. The second kappa shape index (κ2) is 7.75. The number of nitrogens with one attached hydrogen (secondary N) is 2. The van der Waals surface area contributed by atoms with Crippen LogP contribution in [0.2, 0.25) is 0 Å². The van der Waals surface area contributed by atoms with E-state index in [4.69, 9.17) is 5.26 Å². The van der Waals surface area contributed by atoms with Gasteiger partial charge in [-0.05, 0) is 56.4 Å². The van der Waals surface area contributed by atoms with Crippen LogP contribution in [0, 0.1) is 18.3 Å². The zero-order valence-corrected chi connectivity index (χ0v) is 14.3. The molecule has 2 aromatic rings. The predicted octanol–water partition coefficient (Wildman–Crippen LogP) is 2.90. The summed E-state index contributed by atoms with van der Waals surface area (Å²) in [4.78, 5) is 21.2. The highest BCUT2D eigenvalue weighted by molar-refractivity contribution is 5.89. The Morgan fingerprint density at radius 3 is 2.96 bits per heavy atom. The number of aryl methyl sites for hydroxylation is 2. The van der Waals surface area contributed by atoms with E-state index in [9.17, 15) is 4.79 Å². The monoisotopic (exact) mass is 335 g/mol. The van der Waals surface area contributed by atoms with Gasteiger partial charge in [-0.1, -0.05) is 6.07 Å². The molecule has 0 unspecified atom stereocenters. The second-order valence-corrected chi connectivity index (χ2v) is 6.18. The van der Waals surface area contributed by atoms with Gasteiger partial charge in [0.25, 0.3) is 0 Å². The van der Waals surface area contributed by atoms with Crippen molar-refractivity contribution in [1.29, 1.82) is 5.26 Å². The minimum absolute atomic E-state index is 0.301. The summed E-state index contributed by atoms with van der Waals surface area (Å²) in [5.41, 5.74) is 4.65. The molecule has 0 saturated heterocycles. The summed E-state index contributed by atoms with van der Waals surface area (Å²) in [6.07, 6.45) is 5.09. The molecule has 25 heavy (non-hydrogen) atoms. The SMILES string of the molecule is Cc1nc(CCNC(=O)Nc2cccc(C#N)c2)nc2c1CCCC2. The first-order valence-electron chi connectivity index (χ1n) is 8.56. The third-order valence-electron chi connectivity index (χ3n) is 4.32. The van der Waals surface area contributed by atoms with Crippen LogP contribution < -0.4 is 10.6 Å². The van der Waals surface area contributed by atoms with Gasteiger partial charge in [-0.2, -0.15) is 5.26 Å². The third-order valence-corrected chi connectivity index (χ3v) is 4.32. The van der Waals surface area contributed by atoms with E-state index in [0.717, 1.165) is 24.4 Å². The lowest BCUT2D eigenvalue weighted by Crippen LogP contribution is -2.31. The number of nitriles is 1. The van der Waals surface area contributed by atoms with Gasteiger partial charge in [0, 0.05) is 30.0 Å². The minimum atomic E-state index is -0.301. The van der Waals surface area contributed by atoms with Gasteiger partial charge in [-0.3, -0.25) is 0 Å². The smallest absolute Gasteiger partial charge is 0.319 e. The number of fused-ring (bicyclic) bond motifs is 1. The van der Waals surface area contributed by atoms with Crippen LogP contribution in [0.4, 0.5) is 10.5 Å². The molecule has 128 valence electrons. The fourth-order valence-electron chi connectivity index (χ4n) is 3.09. The van der Waals surface area contributed by atoms with Gasteiger partial charge in [-0.15, -0.1) is 0 Å². The Kier molecular flexibility index (Phi) is 5.24. The number of nitrogens with zero attached hydrogens (tertiary/aromatic N) is 3. The molecule has 6 nitrogen and oxygen atoms in total. The average molecular weight is 335 g/mol. The zero-order chi connectivity index (χ0) is 17.6. The van der Waals surface area contributed by atoms with E-state index >= 15 is 0 Å². The number of carbonyl (C=O) groups is 1. The highest BCUT2D eigenvalue weighted by Gasteiger charge is 2.15. The number of hydrogen-bond donors (Lipinski definition) is 2. The number of rotatable bonds is 4. The lowest BCUT2D eigenvalue weighted by Gasteiger charge is -2.17. The highest BCUT2D eigenvalue weighted by Crippen LogP contribution is 2.21. The number of urea groups is 1. The number of benzene rings is 1. The Morgan fingerprint density at radius 2 is 2.12 bits per heavy atom. The van der Waals surface area contributed by atoms with Gasteiger partial charge < -0.3 is 10.6 Å². The Morgan fingerprint density at radius 1 is 1.28 bits per heavy atom. The first-order valence-corrected chi connectivity index (χ1v) is 8.56. The van der Waals surface area contributed by atoms with E-state index in [1.54, 1.807) is 24.3 Å². The molecule has 0 saturated carbocycles. The maximum atomic E-state index is 12.0. The molecule has 1 aromatic carbocycles. The molecule has 0 spiro atoms. The zero-order valence-electron chi connectivity index (χ0n) is 14.3. The molecule has 0 bridgehead atoms. The first-order chi connectivity index (χ1) is 12.2. The Hall–Kier alpha value is -2.94. The fourth-order valence-corrected chi connectivity index (χ4v) is 3.09. The quantitative estimate of drug-likeness (QED) is 0.899. The third kappa shape index (κ3) is 4.32. The Balaban J connectivity index is 1.53. The summed E-state index contributed by atoms with van der Waals surface area (Å²) in [6, 6.07) is 8.55. The van der Waals surface area contributed by atoms with Crippen LogP contribution in [0.25, 0.3) is 0 Å². The van der Waals surface area contributed by atoms with Crippen molar-refractivity contribution < 1.29 is 4.79 Å². The molecular formula is C19H21N5O. The van der Waals surface area contributed by atoms with Crippen LogP contribution in [0.5, 0.6) is 0 Å². The molecule has 1 aliphatic rings. The second-order valence-electron chi connectivity index (χ2n) is 6.18. The van der Waals surface area contributed by atoms with Gasteiger partial charge in [0.1, 0.15) is 5.82 Å². The lowest BCUT2D eigenvalue weighted by molar-refractivity contribution is 0.252. The number of aromatic nitrogens is 2. The van der Waals surface area contributed by atoms with Gasteiger partial charge >= 0.3 is 6.03 Å². The van der Waals surface area contributed by atoms with Gasteiger partial charge in [0.2, 0.25) is 0 Å². The summed E-state index contributed by atoms with van der Waals surface area (Å²) in [5, 5.41) is 14.4. The van der Waals surface area contributed by atoms with Crippen molar-refractivity contribution >= 4 is 11.7 Å². The van der Waals surface area contributed by atoms with Crippen molar-refractivity contribution in [2.24, 2.45) is 0 Å². The number of amides is 2. The van der Waals surface area contributed by atoms with E-state index in [2.05, 4.69) is 20.6 Å². The molecule has 0 atom stereocenters. The number of carbonyl (C=O) groups excluding carboxylic acids is 1. The standard InChI is InChI=1S/C19H21N5O/c1-13-16-7-2-3-8-17(16)24-18(22-13)9-10-21-19(25)23-15-6-4-5-14(11-15)12-20/h4-6,11H,2-3,7-10H2,1H3,(H2,21,23,25). The number of hydrogen-bond acceptors (Lipinski definition) is 4. The predicted molar refractivity (Wildman–Crippen MR) is 95.3 cm³/mol. The van der Waals surface area contributed by atoms with Gasteiger partial charge in [0.05, 0.1) is 11.6 Å². The molecule has 0 fully saturated rings. The van der Waals surface area contributed by atoms with Crippen molar-refractivity contribution in [2.45, 2.75) is 39.0 Å². The molecule has 6 heteroatoms. The molecular weight excluding hydrogens is 314 g/mol. The normalized spacial score (nSPS) is 12.8. The maximum absolute atomic E-state index is 12.0. The molecule has 1 aromatic heterocycles. The Bertz CT molecular complexity index is 825. The van der Waals surface area contributed by atoms with Crippen LogP contribution in [0.1, 0.15) is 41.2 Å². The highest BCUT2D eigenvalue weighted by atomic mass is 16.2. The van der Waals surface area contributed by atoms with Gasteiger partial charge in [0.15, 0.2) is 0 Å². The first kappa shape index (κ1) is 16.9. The molecule has 2 amide bonds. The van der Waals surface area contributed by atoms with Gasteiger partial charge in [-0.25, -0.2) is 14.8 Å². The van der Waals surface area contributed by atoms with E-state index in [1.807, 2.05) is 13.0 Å². The number of anilines is 1. The van der Waals surface area contributed by atoms with Crippen LogP contribution in [0.15, 0.2) is 24.3 Å². The van der Waals surface area contributed by atoms with Crippen molar-refractivity contribution in [1.82, 2.24) is 15.3 Å². The van der Waals surface area contributed by atoms with Crippen LogP contribution in [-0.2, 0) is 19.3 Å². The molecule has 1 aliphatic carbocycles. The van der Waals surface area contributed by atoms with E-state index < -0.39 is 0 Å². The van der Waals surface area contributed by atoms with Crippen molar-refractivity contribution in [3.8, 4) is 6.07 Å². The van der Waals surface area contributed by atoms with E-state index in [1.165, 1.54) is 24.1 Å². The lowest BCUT2D eigenvalue weighted by atomic mass is 9.95. The fraction of sp³-hybridized carbons (Fsp3) is 0.368. The molecule has 3 rings (SSSR count). The largest absolute Gasteiger partial charge is 0.337 e. The maximum Gasteiger partial charge on any atom is 0.319 e. The topological polar surface area (TPSA) is 90.7 Å². The van der Waals surface area contributed by atoms with Crippen LogP contribution in [-0.4, -0.2) is 22.5 Å². The summed E-state index contributed by atoms with van der Waals surface area (Å²) in [7, 11) is 0. The Labute approximate surface area is 147 Å². The van der Waals surface area contributed by atoms with Crippen molar-refractivity contribution in [3.63, 3.8) is 0 Å². The molecule has 0 aliphatic heterocycles. The summed E-state index contributed by atoms with van der Waals surface area (Å²) in [6.45, 7) is 2.50. The summed E-state index contributed by atoms with van der Waals surface area (Å²) < 4.78 is 0. The molecule has 0 radical (unpaired) electrons. The van der Waals surface area contributed by atoms with Crippen molar-refractivity contribution in [3.05, 3.63) is 52.6 Å². The van der Waals surface area contributed by atoms with E-state index in [0.29, 0.717) is 24.2 Å². The summed E-state index contributed by atoms with van der Waals surface area (Å²) in [5.74, 6) is 0.782. The van der Waals surface area contributed by atoms with Crippen LogP contribution in [0.3, 0.4) is 0 Å². The van der Waals surface area contributed by atoms with Crippen LogP contribution >= 0.6 is 0 Å². The summed E-state index contributed by atoms with van der Waals surface area (Å²) >= 11 is 0. The van der Waals surface area contributed by atoms with E-state index in [-0.39, 0.29) is 6.03 Å². The average Bonchev–Trinajstić information content (AvgIpc) is 2.62. The van der Waals surface area contributed by atoms with Crippen molar-refractivity contribution in [2.75, 3.05) is 11.9 Å².